The lowest BCUT2D eigenvalue weighted by molar-refractivity contribution is 0.115. The summed E-state index contributed by atoms with van der Waals surface area (Å²) in [7, 11) is 0. The lowest BCUT2D eigenvalue weighted by atomic mass is 10.1. The molecule has 1 heterocycles. The molecule has 0 saturated heterocycles. The van der Waals surface area contributed by atoms with E-state index < -0.39 is 0 Å². The first kappa shape index (κ1) is 30.7. The second-order valence-corrected chi connectivity index (χ2v) is 8.76. The van der Waals surface area contributed by atoms with Crippen molar-refractivity contribution in [3.63, 3.8) is 0 Å². The zero-order chi connectivity index (χ0) is 28.7. The van der Waals surface area contributed by atoms with Crippen LogP contribution < -0.4 is 10.1 Å². The zero-order valence-electron chi connectivity index (χ0n) is 22.7. The van der Waals surface area contributed by atoms with Crippen LogP contribution in [0.15, 0.2) is 72.1 Å². The van der Waals surface area contributed by atoms with Gasteiger partial charge in [0.25, 0.3) is 0 Å². The summed E-state index contributed by atoms with van der Waals surface area (Å²) in [5.74, 6) is 6.60. The topological polar surface area (TPSA) is 77.9 Å². The molecule has 0 bridgehead atoms. The lowest BCUT2D eigenvalue weighted by Gasteiger charge is -2.12. The Balaban J connectivity index is 0.00000216. The summed E-state index contributed by atoms with van der Waals surface area (Å²) in [6.45, 7) is 6.65. The van der Waals surface area contributed by atoms with E-state index in [1.165, 1.54) is 30.5 Å². The Labute approximate surface area is 243 Å². The van der Waals surface area contributed by atoms with Crippen molar-refractivity contribution in [2.45, 2.75) is 27.4 Å². The van der Waals surface area contributed by atoms with Crippen molar-refractivity contribution in [2.24, 2.45) is 5.16 Å². The largest absolute Gasteiger partial charge is 0.487 e. The molecule has 0 fully saturated rings. The fourth-order valence-electron chi connectivity index (χ4n) is 3.45. The number of anilines is 2. The Hall–Kier alpha value is -3.84. The predicted octanol–water partition coefficient (Wildman–Crippen LogP) is 7.81. The van der Waals surface area contributed by atoms with Crippen LogP contribution in [-0.2, 0) is 15.6 Å². The van der Waals surface area contributed by atoms with E-state index in [1.807, 2.05) is 44.4 Å². The summed E-state index contributed by atoms with van der Waals surface area (Å²) in [5.41, 5.74) is 3.40. The maximum absolute atomic E-state index is 13.4. The number of fused-ring (bicyclic) bond motifs is 1. The van der Waals surface area contributed by atoms with Crippen molar-refractivity contribution in [2.75, 3.05) is 24.8 Å². The molecule has 0 spiro atoms. The molecule has 7 nitrogen and oxygen atoms in total. The van der Waals surface area contributed by atoms with Crippen molar-refractivity contribution in [1.29, 1.82) is 0 Å². The van der Waals surface area contributed by atoms with Crippen molar-refractivity contribution >= 4 is 51.8 Å². The number of rotatable bonds is 11. The molecule has 0 saturated carbocycles. The first-order chi connectivity index (χ1) is 19.6. The number of hydrogen-bond donors (Lipinski definition) is 1. The number of ether oxygens (including phenoxy) is 1. The summed E-state index contributed by atoms with van der Waals surface area (Å²) < 4.78 is 24.4. The highest BCUT2D eigenvalue weighted by atomic mass is 35.5. The van der Waals surface area contributed by atoms with E-state index in [4.69, 9.17) is 25.4 Å². The third kappa shape index (κ3) is 8.85. The maximum Gasteiger partial charge on any atom is 0.159 e. The van der Waals surface area contributed by atoms with Crippen LogP contribution in [0.1, 0.15) is 31.9 Å². The van der Waals surface area contributed by atoms with Crippen molar-refractivity contribution in [3.8, 4) is 17.6 Å². The summed E-state index contributed by atoms with van der Waals surface area (Å²) >= 11 is 7.74. The molecule has 1 N–H and O–H groups in total. The van der Waals surface area contributed by atoms with Gasteiger partial charge in [-0.25, -0.2) is 14.4 Å². The minimum atomic E-state index is -0.314. The minimum absolute atomic E-state index is 0.197. The van der Waals surface area contributed by atoms with Gasteiger partial charge >= 0.3 is 0 Å². The van der Waals surface area contributed by atoms with Gasteiger partial charge < -0.3 is 19.1 Å². The van der Waals surface area contributed by atoms with Gasteiger partial charge in [0, 0.05) is 22.9 Å². The average Bonchev–Trinajstić information content (AvgIpc) is 2.97. The van der Waals surface area contributed by atoms with Crippen molar-refractivity contribution in [1.82, 2.24) is 9.97 Å². The van der Waals surface area contributed by atoms with E-state index in [2.05, 4.69) is 32.3 Å². The van der Waals surface area contributed by atoms with Crippen LogP contribution in [0.2, 0.25) is 5.02 Å². The Morgan fingerprint density at radius 2 is 1.93 bits per heavy atom. The van der Waals surface area contributed by atoms with Crippen LogP contribution in [0.3, 0.4) is 0 Å². The number of benzene rings is 3. The number of oxime groups is 1. The van der Waals surface area contributed by atoms with Gasteiger partial charge in [-0.1, -0.05) is 48.7 Å². The van der Waals surface area contributed by atoms with E-state index in [1.54, 1.807) is 31.2 Å². The van der Waals surface area contributed by atoms with Crippen LogP contribution in [0, 0.1) is 17.7 Å². The van der Waals surface area contributed by atoms with Crippen LogP contribution in [-0.4, -0.2) is 35.1 Å². The van der Waals surface area contributed by atoms with E-state index in [0.717, 1.165) is 16.5 Å². The molecule has 4 rings (SSSR count). The first-order valence-electron chi connectivity index (χ1n) is 12.5. The third-order valence-corrected chi connectivity index (χ3v) is 5.86. The molecular formula is C30H30ClFN4O3S. The Morgan fingerprint density at radius 3 is 2.67 bits per heavy atom. The van der Waals surface area contributed by atoms with Gasteiger partial charge in [-0.05, 0) is 79.0 Å². The molecule has 0 unspecified atom stereocenters. The normalized spacial score (nSPS) is 10.7. The second kappa shape index (κ2) is 16.3. The standard InChI is InChI=1S/C28H24ClFN4O3S.C2H6/c1-3-5-25(34-36-12-13-37-38-2)20-8-10-26-23(15-20)28(32-18-31-26)33-22-9-11-27(24(29)16-22)35-17-19-6-4-7-21(30)14-19;1-2/h4,6-11,14-16,18H,12-13,17H2,1-2H3,(H,31,32,33);1-2H3/b34-25+;. The zero-order valence-corrected chi connectivity index (χ0v) is 24.3. The number of hydrogen-bond acceptors (Lipinski definition) is 8. The Morgan fingerprint density at radius 1 is 1.07 bits per heavy atom. The second-order valence-electron chi connectivity index (χ2n) is 7.78. The highest BCUT2D eigenvalue weighted by Gasteiger charge is 2.11. The summed E-state index contributed by atoms with van der Waals surface area (Å²) in [6, 6.07) is 17.2. The number of nitrogens with one attached hydrogen (secondary N) is 1. The number of nitrogens with zero attached hydrogens (tertiary/aromatic N) is 3. The van der Waals surface area contributed by atoms with Gasteiger partial charge in [0.05, 0.1) is 17.1 Å². The molecule has 0 aliphatic carbocycles. The molecule has 40 heavy (non-hydrogen) atoms. The highest BCUT2D eigenvalue weighted by Crippen LogP contribution is 2.31. The van der Waals surface area contributed by atoms with Crippen LogP contribution in [0.4, 0.5) is 15.9 Å². The van der Waals surface area contributed by atoms with Gasteiger partial charge in [-0.3, -0.25) is 0 Å². The summed E-state index contributed by atoms with van der Waals surface area (Å²) in [5, 5.41) is 8.65. The SMILES string of the molecule is CC.CC#C/C(=N\OCCOSC)c1ccc2ncnc(Nc3ccc(OCc4cccc(F)c4)c(Cl)c3)c2c1. The van der Waals surface area contributed by atoms with Gasteiger partial charge in [0.2, 0.25) is 0 Å². The molecule has 4 aromatic rings. The van der Waals surface area contributed by atoms with Gasteiger partial charge in [0.15, 0.2) is 5.71 Å². The minimum Gasteiger partial charge on any atom is -0.487 e. The summed E-state index contributed by atoms with van der Waals surface area (Å²) in [6.07, 6.45) is 3.32. The van der Waals surface area contributed by atoms with E-state index >= 15 is 0 Å². The molecule has 0 amide bonds. The first-order valence-corrected chi connectivity index (χ1v) is 14.1. The fourth-order valence-corrected chi connectivity index (χ4v) is 3.92. The smallest absolute Gasteiger partial charge is 0.159 e. The molecule has 0 radical (unpaired) electrons. The Kier molecular flexibility index (Phi) is 12.5. The molecule has 1 aromatic heterocycles. The Bertz CT molecular complexity index is 1510. The molecule has 0 aliphatic heterocycles. The summed E-state index contributed by atoms with van der Waals surface area (Å²) in [4.78, 5) is 14.2. The number of halogens is 2. The van der Waals surface area contributed by atoms with Gasteiger partial charge in [-0.15, -0.1) is 0 Å². The van der Waals surface area contributed by atoms with Gasteiger partial charge in [0.1, 0.15) is 36.9 Å². The lowest BCUT2D eigenvalue weighted by Crippen LogP contribution is -2.03. The quantitative estimate of drug-likeness (QED) is 0.0637. The molecule has 0 aliphatic rings. The van der Waals surface area contributed by atoms with Crippen LogP contribution in [0.5, 0.6) is 5.75 Å². The average molecular weight is 581 g/mol. The van der Waals surface area contributed by atoms with E-state index in [-0.39, 0.29) is 12.4 Å². The van der Waals surface area contributed by atoms with Crippen molar-refractivity contribution < 1.29 is 18.1 Å². The predicted molar refractivity (Wildman–Crippen MR) is 162 cm³/mol. The van der Waals surface area contributed by atoms with Crippen LogP contribution in [0.25, 0.3) is 10.9 Å². The monoisotopic (exact) mass is 580 g/mol. The highest BCUT2D eigenvalue weighted by molar-refractivity contribution is 7.93. The maximum atomic E-state index is 13.4. The number of aromatic nitrogens is 2. The van der Waals surface area contributed by atoms with E-state index in [9.17, 15) is 4.39 Å². The van der Waals surface area contributed by atoms with E-state index in [0.29, 0.717) is 46.8 Å². The molecule has 3 aromatic carbocycles. The van der Waals surface area contributed by atoms with Crippen LogP contribution >= 0.6 is 23.6 Å². The molecular weight excluding hydrogens is 551 g/mol. The third-order valence-electron chi connectivity index (χ3n) is 5.16. The molecule has 208 valence electrons. The molecule has 10 heteroatoms. The fraction of sp³-hybridized carbons (Fsp3) is 0.233. The van der Waals surface area contributed by atoms with Crippen molar-refractivity contribution in [3.05, 3.63) is 89.0 Å². The molecule has 0 atom stereocenters. The van der Waals surface area contributed by atoms with Gasteiger partial charge in [-0.2, -0.15) is 0 Å².